The second-order valence-electron chi connectivity index (χ2n) is 6.33. The molecule has 30 heavy (non-hydrogen) atoms. The Balaban J connectivity index is 1.45. The molecule has 9 heteroatoms. The van der Waals surface area contributed by atoms with Crippen molar-refractivity contribution in [3.05, 3.63) is 54.1 Å². The molecule has 1 N–H and O–H groups in total. The van der Waals surface area contributed by atoms with Crippen LogP contribution in [0.5, 0.6) is 5.75 Å². The van der Waals surface area contributed by atoms with E-state index in [4.69, 9.17) is 9.47 Å². The first-order chi connectivity index (χ1) is 14.5. The average Bonchev–Trinajstić information content (AvgIpc) is 2.77. The maximum absolute atomic E-state index is 12.1. The summed E-state index contributed by atoms with van der Waals surface area (Å²) in [6.07, 6.45) is -0.0683. The lowest BCUT2D eigenvalue weighted by Gasteiger charge is -2.28. The molecule has 2 aromatic rings. The molecule has 0 spiro atoms. The quantitative estimate of drug-likeness (QED) is 0.690. The maximum atomic E-state index is 12.1. The number of amides is 2. The summed E-state index contributed by atoms with van der Waals surface area (Å²) >= 11 is 0. The molecule has 3 rings (SSSR count). The van der Waals surface area contributed by atoms with Crippen molar-refractivity contribution < 1.29 is 33.4 Å². The number of hydrogen-bond acceptors (Lipinski definition) is 7. The zero-order chi connectivity index (χ0) is 21.5. The van der Waals surface area contributed by atoms with Crippen LogP contribution in [0.15, 0.2) is 48.5 Å². The molecule has 0 saturated carbocycles. The summed E-state index contributed by atoms with van der Waals surface area (Å²) in [4.78, 5) is 48.9. The minimum absolute atomic E-state index is 0.0683. The zero-order valence-electron chi connectivity index (χ0n) is 16.3. The number of hydrogen-bond donors (Lipinski definition) is 1. The highest BCUT2D eigenvalue weighted by atomic mass is 16.5. The number of methoxy groups -OCH3 is 1. The number of fused-ring (bicyclic) bond motifs is 1. The fourth-order valence-electron chi connectivity index (χ4n) is 2.82. The van der Waals surface area contributed by atoms with Crippen LogP contribution in [0, 0.1) is 0 Å². The minimum Gasteiger partial charge on any atom is -0.482 e. The van der Waals surface area contributed by atoms with Crippen molar-refractivity contribution in [2.24, 2.45) is 0 Å². The summed E-state index contributed by atoms with van der Waals surface area (Å²) in [5.74, 6) is -1.30. The second-order valence-corrected chi connectivity index (χ2v) is 6.33. The van der Waals surface area contributed by atoms with Crippen LogP contribution in [-0.4, -0.2) is 50.6 Å². The fraction of sp³-hybridized carbons (Fsp3) is 0.238. The lowest BCUT2D eigenvalue weighted by Crippen LogP contribution is -2.40. The molecule has 0 saturated heterocycles. The average molecular weight is 412 g/mol. The topological polar surface area (TPSA) is 111 Å². The van der Waals surface area contributed by atoms with Crippen LogP contribution < -0.4 is 15.0 Å². The number of anilines is 2. The van der Waals surface area contributed by atoms with Crippen molar-refractivity contribution in [1.82, 2.24) is 0 Å². The van der Waals surface area contributed by atoms with E-state index in [-0.39, 0.29) is 25.5 Å². The van der Waals surface area contributed by atoms with Crippen molar-refractivity contribution in [1.29, 1.82) is 0 Å². The van der Waals surface area contributed by atoms with E-state index < -0.39 is 24.5 Å². The van der Waals surface area contributed by atoms with E-state index in [1.165, 1.54) is 36.3 Å². The zero-order valence-corrected chi connectivity index (χ0v) is 16.3. The van der Waals surface area contributed by atoms with E-state index in [9.17, 15) is 19.2 Å². The summed E-state index contributed by atoms with van der Waals surface area (Å²) in [5.41, 5.74) is 1.38. The Morgan fingerprint density at radius 3 is 2.57 bits per heavy atom. The predicted molar refractivity (Wildman–Crippen MR) is 106 cm³/mol. The van der Waals surface area contributed by atoms with E-state index in [1.807, 2.05) is 0 Å². The normalized spacial score (nSPS) is 12.4. The van der Waals surface area contributed by atoms with Crippen LogP contribution in [0.4, 0.5) is 11.4 Å². The third kappa shape index (κ3) is 5.13. The van der Waals surface area contributed by atoms with Crippen LogP contribution in [-0.2, 0) is 23.9 Å². The molecule has 0 atom stereocenters. The Labute approximate surface area is 172 Å². The van der Waals surface area contributed by atoms with Gasteiger partial charge in [-0.2, -0.15) is 0 Å². The van der Waals surface area contributed by atoms with Crippen molar-refractivity contribution in [2.75, 3.05) is 37.1 Å². The number of benzene rings is 2. The van der Waals surface area contributed by atoms with Gasteiger partial charge in [0.25, 0.3) is 11.8 Å². The van der Waals surface area contributed by atoms with Gasteiger partial charge in [0.2, 0.25) is 0 Å². The number of esters is 2. The van der Waals surface area contributed by atoms with Crippen molar-refractivity contribution in [2.45, 2.75) is 6.42 Å². The molecule has 0 aromatic heterocycles. The third-order valence-electron chi connectivity index (χ3n) is 4.30. The Hall–Kier alpha value is -3.88. The van der Waals surface area contributed by atoms with Gasteiger partial charge in [-0.05, 0) is 36.4 Å². The Bertz CT molecular complexity index is 956. The molecule has 0 unspecified atom stereocenters. The van der Waals surface area contributed by atoms with Crippen molar-refractivity contribution in [3.63, 3.8) is 0 Å². The monoisotopic (exact) mass is 412 g/mol. The Morgan fingerprint density at radius 1 is 1.10 bits per heavy atom. The maximum Gasteiger partial charge on any atom is 0.337 e. The van der Waals surface area contributed by atoms with E-state index in [0.29, 0.717) is 22.7 Å². The van der Waals surface area contributed by atoms with Crippen molar-refractivity contribution >= 4 is 35.1 Å². The van der Waals surface area contributed by atoms with E-state index in [0.717, 1.165) is 0 Å². The van der Waals surface area contributed by atoms with E-state index in [2.05, 4.69) is 10.1 Å². The van der Waals surface area contributed by atoms with Gasteiger partial charge in [0.05, 0.1) is 24.8 Å². The van der Waals surface area contributed by atoms with Gasteiger partial charge >= 0.3 is 11.9 Å². The molecular formula is C21H20N2O7. The summed E-state index contributed by atoms with van der Waals surface area (Å²) in [7, 11) is 1.28. The second kappa shape index (κ2) is 9.55. The first-order valence-electron chi connectivity index (χ1n) is 9.14. The fourth-order valence-corrected chi connectivity index (χ4v) is 2.82. The molecule has 156 valence electrons. The van der Waals surface area contributed by atoms with E-state index in [1.54, 1.807) is 24.3 Å². The van der Waals surface area contributed by atoms with Gasteiger partial charge in [0.15, 0.2) is 13.2 Å². The van der Waals surface area contributed by atoms with Gasteiger partial charge in [-0.3, -0.25) is 14.4 Å². The summed E-state index contributed by atoms with van der Waals surface area (Å²) in [6, 6.07) is 13.1. The Morgan fingerprint density at radius 2 is 1.83 bits per heavy atom. The number of carbonyl (C=O) groups excluding carboxylic acids is 4. The first kappa shape index (κ1) is 20.8. The largest absolute Gasteiger partial charge is 0.482 e. The minimum atomic E-state index is -0.608. The lowest BCUT2D eigenvalue weighted by molar-refractivity contribution is -0.147. The van der Waals surface area contributed by atoms with Gasteiger partial charge in [0, 0.05) is 12.2 Å². The van der Waals surface area contributed by atoms with E-state index >= 15 is 0 Å². The summed E-state index contributed by atoms with van der Waals surface area (Å²) < 4.78 is 14.9. The number of nitrogens with zero attached hydrogens (tertiary/aromatic N) is 1. The molecule has 0 aliphatic carbocycles. The number of carbonyl (C=O) groups is 4. The van der Waals surface area contributed by atoms with Crippen LogP contribution in [0.25, 0.3) is 0 Å². The van der Waals surface area contributed by atoms with Gasteiger partial charge in [-0.15, -0.1) is 0 Å². The standard InChI is InChI=1S/C21H20N2O7/c1-28-21(27)14-6-8-15(9-7-14)22-18(24)12-30-20(26)10-11-23-16-4-2-3-5-17(16)29-13-19(23)25/h2-9H,10-13H2,1H3,(H,22,24). The molecule has 9 nitrogen and oxygen atoms in total. The van der Waals surface area contributed by atoms with Gasteiger partial charge in [0.1, 0.15) is 5.75 Å². The highest BCUT2D eigenvalue weighted by molar-refractivity contribution is 5.98. The van der Waals surface area contributed by atoms with Crippen molar-refractivity contribution in [3.8, 4) is 5.75 Å². The highest BCUT2D eigenvalue weighted by Crippen LogP contribution is 2.31. The third-order valence-corrected chi connectivity index (χ3v) is 4.30. The number of rotatable bonds is 7. The SMILES string of the molecule is COC(=O)c1ccc(NC(=O)COC(=O)CCN2C(=O)COc3ccccc32)cc1. The lowest BCUT2D eigenvalue weighted by atomic mass is 10.2. The molecule has 0 radical (unpaired) electrons. The first-order valence-corrected chi connectivity index (χ1v) is 9.14. The van der Waals surface area contributed by atoms with Crippen LogP contribution in [0.1, 0.15) is 16.8 Å². The summed E-state index contributed by atoms with van der Waals surface area (Å²) in [6.45, 7) is -0.441. The molecule has 2 aromatic carbocycles. The van der Waals surface area contributed by atoms with Crippen LogP contribution in [0.3, 0.4) is 0 Å². The number of ether oxygens (including phenoxy) is 3. The molecule has 1 heterocycles. The van der Waals surface area contributed by atoms with Crippen LogP contribution >= 0.6 is 0 Å². The van der Waals surface area contributed by atoms with Gasteiger partial charge in [-0.25, -0.2) is 4.79 Å². The van der Waals surface area contributed by atoms with Gasteiger partial charge < -0.3 is 24.4 Å². The smallest absolute Gasteiger partial charge is 0.337 e. The molecule has 0 fully saturated rings. The molecule has 1 aliphatic heterocycles. The molecule has 2 amide bonds. The number of nitrogens with one attached hydrogen (secondary N) is 1. The summed E-state index contributed by atoms with van der Waals surface area (Å²) in [5, 5.41) is 2.56. The Kier molecular flexibility index (Phi) is 6.63. The highest BCUT2D eigenvalue weighted by Gasteiger charge is 2.25. The van der Waals surface area contributed by atoms with Crippen LogP contribution in [0.2, 0.25) is 0 Å². The molecule has 0 bridgehead atoms. The molecular weight excluding hydrogens is 392 g/mol. The van der Waals surface area contributed by atoms with Gasteiger partial charge in [-0.1, -0.05) is 12.1 Å². The number of para-hydroxylation sites is 2. The molecule has 1 aliphatic rings. The predicted octanol–water partition coefficient (Wildman–Crippen LogP) is 1.77.